The zero-order valence-corrected chi connectivity index (χ0v) is 12.1. The van der Waals surface area contributed by atoms with E-state index in [1.54, 1.807) is 0 Å². The van der Waals surface area contributed by atoms with Crippen LogP contribution in [0.3, 0.4) is 0 Å². The van der Waals surface area contributed by atoms with Crippen LogP contribution in [0.4, 0.5) is 5.69 Å². The third-order valence-electron chi connectivity index (χ3n) is 2.95. The molecule has 8 nitrogen and oxygen atoms in total. The monoisotopic (exact) mass is 297 g/mol. The quantitative estimate of drug-likeness (QED) is 0.290. The second-order valence-electron chi connectivity index (χ2n) is 4.58. The maximum atomic E-state index is 10.7. The third-order valence-corrected chi connectivity index (χ3v) is 2.95. The van der Waals surface area contributed by atoms with Gasteiger partial charge < -0.3 is 16.6 Å². The molecule has 0 saturated heterocycles. The molecule has 1 rings (SSSR count). The molecule has 0 unspecified atom stereocenters. The summed E-state index contributed by atoms with van der Waals surface area (Å²) in [7, 11) is 0. The summed E-state index contributed by atoms with van der Waals surface area (Å²) in [6.07, 6.45) is 1.47. The SMILES string of the molecule is [NH3+]CCN(CC[NH3+])CCN=Cc1cc([N+](=O)[O-])ccc1O. The molecule has 0 saturated carbocycles. The first-order chi connectivity index (χ1) is 10.1. The molecular formula is C13H23N5O3+2. The molecule has 0 heterocycles. The van der Waals surface area contributed by atoms with E-state index in [1.807, 2.05) is 0 Å². The highest BCUT2D eigenvalue weighted by Crippen LogP contribution is 2.21. The van der Waals surface area contributed by atoms with Crippen LogP contribution in [-0.4, -0.2) is 60.4 Å². The van der Waals surface area contributed by atoms with Crippen LogP contribution in [0.1, 0.15) is 5.56 Å². The molecule has 0 aliphatic carbocycles. The maximum Gasteiger partial charge on any atom is 0.270 e. The molecule has 1 aromatic carbocycles. The Labute approximate surface area is 123 Å². The zero-order chi connectivity index (χ0) is 15.7. The molecule has 0 aliphatic heterocycles. The van der Waals surface area contributed by atoms with Gasteiger partial charge in [0.2, 0.25) is 0 Å². The Morgan fingerprint density at radius 2 is 1.95 bits per heavy atom. The number of quaternary nitrogens is 2. The van der Waals surface area contributed by atoms with Crippen molar-refractivity contribution in [3.63, 3.8) is 0 Å². The second-order valence-corrected chi connectivity index (χ2v) is 4.58. The molecule has 0 fully saturated rings. The van der Waals surface area contributed by atoms with Gasteiger partial charge in [-0.05, 0) is 6.07 Å². The lowest BCUT2D eigenvalue weighted by Crippen LogP contribution is -2.59. The summed E-state index contributed by atoms with van der Waals surface area (Å²) >= 11 is 0. The number of nitrogens with zero attached hydrogens (tertiary/aromatic N) is 3. The molecular weight excluding hydrogens is 274 g/mol. The number of nitro benzene ring substituents is 1. The molecule has 0 spiro atoms. The van der Waals surface area contributed by atoms with E-state index >= 15 is 0 Å². The Balaban J connectivity index is 2.60. The Kier molecular flexibility index (Phi) is 7.30. The average Bonchev–Trinajstić information content (AvgIpc) is 2.45. The van der Waals surface area contributed by atoms with Gasteiger partial charge in [-0.2, -0.15) is 0 Å². The lowest BCUT2D eigenvalue weighted by Gasteiger charge is -2.17. The van der Waals surface area contributed by atoms with E-state index in [9.17, 15) is 15.2 Å². The topological polar surface area (TPSA) is 134 Å². The van der Waals surface area contributed by atoms with Gasteiger partial charge in [-0.3, -0.25) is 20.0 Å². The van der Waals surface area contributed by atoms with Crippen LogP contribution in [0.15, 0.2) is 23.2 Å². The third kappa shape index (κ3) is 5.86. The van der Waals surface area contributed by atoms with Crippen LogP contribution in [0.25, 0.3) is 0 Å². The van der Waals surface area contributed by atoms with Crippen LogP contribution in [0, 0.1) is 10.1 Å². The lowest BCUT2D eigenvalue weighted by atomic mass is 10.2. The fourth-order valence-corrected chi connectivity index (χ4v) is 1.90. The van der Waals surface area contributed by atoms with Crippen LogP contribution < -0.4 is 11.5 Å². The fourth-order valence-electron chi connectivity index (χ4n) is 1.90. The second kappa shape index (κ2) is 9.01. The van der Waals surface area contributed by atoms with Crippen LogP contribution in [0.2, 0.25) is 0 Å². The van der Waals surface area contributed by atoms with Gasteiger partial charge in [-0.15, -0.1) is 0 Å². The first kappa shape index (κ1) is 17.0. The maximum absolute atomic E-state index is 10.7. The Hall–Kier alpha value is -2.03. The number of hydrogen-bond acceptors (Lipinski definition) is 5. The smallest absolute Gasteiger partial charge is 0.270 e. The van der Waals surface area contributed by atoms with Gasteiger partial charge in [0.1, 0.15) is 5.75 Å². The van der Waals surface area contributed by atoms with Crippen molar-refractivity contribution in [1.82, 2.24) is 4.90 Å². The van der Waals surface area contributed by atoms with Gasteiger partial charge in [0.15, 0.2) is 0 Å². The van der Waals surface area contributed by atoms with Gasteiger partial charge in [0.25, 0.3) is 5.69 Å². The molecule has 0 atom stereocenters. The van der Waals surface area contributed by atoms with E-state index in [0.29, 0.717) is 12.1 Å². The lowest BCUT2D eigenvalue weighted by molar-refractivity contribution is -0.384. The zero-order valence-electron chi connectivity index (χ0n) is 12.1. The summed E-state index contributed by atoms with van der Waals surface area (Å²) < 4.78 is 0. The number of benzene rings is 1. The molecule has 0 radical (unpaired) electrons. The van der Waals surface area contributed by atoms with Crippen LogP contribution in [-0.2, 0) is 0 Å². The van der Waals surface area contributed by atoms with Crippen molar-refractivity contribution < 1.29 is 21.5 Å². The minimum atomic E-state index is -0.499. The Morgan fingerprint density at radius 1 is 1.29 bits per heavy atom. The van der Waals surface area contributed by atoms with E-state index in [1.165, 1.54) is 24.4 Å². The standard InChI is InChI=1S/C13H21N5O3/c14-3-6-17(7-4-15)8-5-16-10-11-9-12(18(20)21)1-2-13(11)19/h1-2,9-10,19H,3-8,14-15H2/p+2. The van der Waals surface area contributed by atoms with Gasteiger partial charge >= 0.3 is 0 Å². The number of rotatable bonds is 9. The van der Waals surface area contributed by atoms with Crippen molar-refractivity contribution in [3.05, 3.63) is 33.9 Å². The Bertz CT molecular complexity index is 487. The largest absolute Gasteiger partial charge is 0.507 e. The molecule has 0 bridgehead atoms. The summed E-state index contributed by atoms with van der Waals surface area (Å²) in [6.45, 7) is 4.78. The van der Waals surface area contributed by atoms with E-state index in [0.717, 1.165) is 32.7 Å². The molecule has 0 amide bonds. The van der Waals surface area contributed by atoms with E-state index in [-0.39, 0.29) is 11.4 Å². The van der Waals surface area contributed by atoms with E-state index in [4.69, 9.17) is 0 Å². The van der Waals surface area contributed by atoms with Crippen molar-refractivity contribution in [2.75, 3.05) is 39.3 Å². The molecule has 116 valence electrons. The number of hydrogen-bond donors (Lipinski definition) is 3. The van der Waals surface area contributed by atoms with Crippen molar-refractivity contribution in [2.45, 2.75) is 0 Å². The van der Waals surface area contributed by atoms with Crippen LogP contribution >= 0.6 is 0 Å². The van der Waals surface area contributed by atoms with Gasteiger partial charge in [-0.25, -0.2) is 0 Å². The highest BCUT2D eigenvalue weighted by atomic mass is 16.6. The summed E-state index contributed by atoms with van der Waals surface area (Å²) in [5, 5.41) is 20.3. The predicted molar refractivity (Wildman–Crippen MR) is 79.2 cm³/mol. The van der Waals surface area contributed by atoms with Gasteiger partial charge in [0, 0.05) is 43.5 Å². The summed E-state index contributed by atoms with van der Waals surface area (Å²) in [4.78, 5) is 16.6. The van der Waals surface area contributed by atoms with Gasteiger partial charge in [-0.1, -0.05) is 0 Å². The number of nitro groups is 1. The highest BCUT2D eigenvalue weighted by Gasteiger charge is 2.08. The van der Waals surface area contributed by atoms with E-state index in [2.05, 4.69) is 21.4 Å². The highest BCUT2D eigenvalue weighted by molar-refractivity contribution is 5.84. The number of non-ortho nitro benzene ring substituents is 1. The predicted octanol–water partition coefficient (Wildman–Crippen LogP) is -1.49. The molecule has 7 N–H and O–H groups in total. The number of phenolic OH excluding ortho intramolecular Hbond substituents is 1. The van der Waals surface area contributed by atoms with Crippen molar-refractivity contribution in [3.8, 4) is 5.75 Å². The van der Waals surface area contributed by atoms with Crippen LogP contribution in [0.5, 0.6) is 5.75 Å². The summed E-state index contributed by atoms with van der Waals surface area (Å²) in [5.74, 6) is -0.0169. The van der Waals surface area contributed by atoms with Crippen molar-refractivity contribution in [1.29, 1.82) is 0 Å². The molecule has 8 heteroatoms. The fraction of sp³-hybridized carbons (Fsp3) is 0.462. The summed E-state index contributed by atoms with van der Waals surface area (Å²) in [5.41, 5.74) is 7.94. The first-order valence-electron chi connectivity index (χ1n) is 6.86. The van der Waals surface area contributed by atoms with Gasteiger partial charge in [0.05, 0.1) is 24.6 Å². The Morgan fingerprint density at radius 3 is 2.52 bits per heavy atom. The molecule has 1 aromatic rings. The average molecular weight is 297 g/mol. The normalized spacial score (nSPS) is 11.4. The molecule has 0 aromatic heterocycles. The molecule has 21 heavy (non-hydrogen) atoms. The first-order valence-corrected chi connectivity index (χ1v) is 6.86. The minimum absolute atomic E-state index is 0.0169. The van der Waals surface area contributed by atoms with Crippen molar-refractivity contribution in [2.24, 2.45) is 4.99 Å². The van der Waals surface area contributed by atoms with Crippen molar-refractivity contribution >= 4 is 11.9 Å². The minimum Gasteiger partial charge on any atom is -0.507 e. The molecule has 0 aliphatic rings. The number of phenols is 1. The number of aromatic hydroxyl groups is 1. The van der Waals surface area contributed by atoms with E-state index < -0.39 is 4.92 Å². The number of aliphatic imine (C=N–C) groups is 1. The summed E-state index contributed by atoms with van der Waals surface area (Å²) in [6, 6.07) is 3.87.